The van der Waals surface area contributed by atoms with Crippen LogP contribution in [-0.2, 0) is 16.8 Å². The minimum Gasteiger partial charge on any atom is -0.372 e. The first-order valence-corrected chi connectivity index (χ1v) is 21.5. The molecular formula is C47H51FN10O4. The predicted octanol–water partition coefficient (Wildman–Crippen LogP) is 7.58. The van der Waals surface area contributed by atoms with E-state index in [0.717, 1.165) is 80.7 Å². The molecule has 14 nitrogen and oxygen atoms in total. The molecule has 15 heteroatoms. The normalized spacial score (nSPS) is 17.2. The summed E-state index contributed by atoms with van der Waals surface area (Å²) in [5.41, 5.74) is 7.11. The Morgan fingerprint density at radius 3 is 2.29 bits per heavy atom. The fourth-order valence-electron chi connectivity index (χ4n) is 8.81. The highest BCUT2D eigenvalue weighted by atomic mass is 19.1. The first-order valence-electron chi connectivity index (χ1n) is 21.5. The molecule has 0 spiro atoms. The van der Waals surface area contributed by atoms with Crippen molar-refractivity contribution in [2.45, 2.75) is 70.8 Å². The summed E-state index contributed by atoms with van der Waals surface area (Å²) in [5.74, 6) is 0.199. The number of nitrogens with zero attached hydrogens (tertiary/aromatic N) is 7. The van der Waals surface area contributed by atoms with Crippen LogP contribution in [-0.4, -0.2) is 87.1 Å². The van der Waals surface area contributed by atoms with Gasteiger partial charge in [-0.05, 0) is 98.1 Å². The fraction of sp³-hybridized carbons (Fsp3) is 0.383. The van der Waals surface area contributed by atoms with Crippen molar-refractivity contribution < 1.29 is 23.3 Å². The van der Waals surface area contributed by atoms with E-state index in [1.54, 1.807) is 17.0 Å². The first kappa shape index (κ1) is 40.9. The Labute approximate surface area is 359 Å². The standard InChI is InChI=1S/C47H51FN10O4/c1-47(2,3)45-54-44(62-55-45)43(60)49-26-34-9-8-33(24-38(34)48)41-37-25-39(52-42(37)51-28-50-41)32-6-4-30(5-7-32)31-16-19-56(20-17-31)27-29-14-21-57(22-15-29)35-10-12-36(13-11-35)58-23-18-40(59)53-46(58)61/h4-13,24-25,28-29,31H,14-23,26-27H2,1-3H3,(H,49,60)(H,50,51,52)(H,53,59,61). The van der Waals surface area contributed by atoms with Crippen LogP contribution in [0, 0.1) is 11.7 Å². The summed E-state index contributed by atoms with van der Waals surface area (Å²) in [6.45, 7) is 11.5. The summed E-state index contributed by atoms with van der Waals surface area (Å²) < 4.78 is 20.5. The molecule has 0 unspecified atom stereocenters. The molecule has 3 saturated heterocycles. The highest BCUT2D eigenvalue weighted by Gasteiger charge is 2.28. The van der Waals surface area contributed by atoms with Crippen molar-refractivity contribution in [2.24, 2.45) is 5.92 Å². The molecule has 3 aromatic heterocycles. The van der Waals surface area contributed by atoms with Gasteiger partial charge in [0.05, 0.1) is 5.69 Å². The van der Waals surface area contributed by atoms with E-state index in [1.165, 1.54) is 23.6 Å². The maximum atomic E-state index is 15.4. The topological polar surface area (TPSA) is 165 Å². The van der Waals surface area contributed by atoms with Gasteiger partial charge < -0.3 is 24.6 Å². The van der Waals surface area contributed by atoms with Gasteiger partial charge in [0.2, 0.25) is 5.91 Å². The minimum atomic E-state index is -0.568. The van der Waals surface area contributed by atoms with Gasteiger partial charge in [-0.3, -0.25) is 19.8 Å². The van der Waals surface area contributed by atoms with Gasteiger partial charge in [-0.2, -0.15) is 4.98 Å². The molecule has 62 heavy (non-hydrogen) atoms. The molecular weight excluding hydrogens is 788 g/mol. The number of amides is 4. The number of nitrogens with one attached hydrogen (secondary N) is 3. The molecule has 0 saturated carbocycles. The Balaban J connectivity index is 0.759. The van der Waals surface area contributed by atoms with Crippen molar-refractivity contribution in [3.05, 3.63) is 108 Å². The zero-order valence-corrected chi connectivity index (χ0v) is 35.3. The zero-order valence-electron chi connectivity index (χ0n) is 35.3. The number of carbonyl (C=O) groups excluding carboxylic acids is 3. The smallest absolute Gasteiger partial charge is 0.328 e. The lowest BCUT2D eigenvalue weighted by Gasteiger charge is -2.38. The molecule has 3 aromatic carbocycles. The maximum absolute atomic E-state index is 15.4. The summed E-state index contributed by atoms with van der Waals surface area (Å²) >= 11 is 0. The van der Waals surface area contributed by atoms with Crippen LogP contribution in [0.1, 0.15) is 86.4 Å². The lowest BCUT2D eigenvalue weighted by Crippen LogP contribution is -2.49. The molecule has 0 radical (unpaired) electrons. The van der Waals surface area contributed by atoms with Crippen molar-refractivity contribution in [2.75, 3.05) is 49.1 Å². The highest BCUT2D eigenvalue weighted by Crippen LogP contribution is 2.34. The molecule has 3 aliphatic rings. The van der Waals surface area contributed by atoms with Gasteiger partial charge in [0.15, 0.2) is 5.82 Å². The van der Waals surface area contributed by atoms with Crippen LogP contribution in [0.4, 0.5) is 20.6 Å². The van der Waals surface area contributed by atoms with Crippen LogP contribution in [0.25, 0.3) is 33.5 Å². The largest absolute Gasteiger partial charge is 0.372 e. The maximum Gasteiger partial charge on any atom is 0.328 e. The van der Waals surface area contributed by atoms with Crippen LogP contribution >= 0.6 is 0 Å². The Hall–Kier alpha value is -6.48. The fourth-order valence-corrected chi connectivity index (χ4v) is 8.81. The number of piperidine rings is 2. The number of benzene rings is 3. The van der Waals surface area contributed by atoms with Crippen LogP contribution in [0.15, 0.2) is 83.6 Å². The van der Waals surface area contributed by atoms with Crippen molar-refractivity contribution >= 4 is 40.3 Å². The summed E-state index contributed by atoms with van der Waals surface area (Å²) in [6, 6.07) is 23.5. The number of hydrogen-bond acceptors (Lipinski definition) is 10. The molecule has 6 aromatic rings. The van der Waals surface area contributed by atoms with E-state index >= 15 is 4.39 Å². The molecule has 320 valence electrons. The lowest BCUT2D eigenvalue weighted by atomic mass is 9.87. The Morgan fingerprint density at radius 1 is 0.871 bits per heavy atom. The van der Waals surface area contributed by atoms with E-state index in [1.807, 2.05) is 39.0 Å². The van der Waals surface area contributed by atoms with Crippen LogP contribution in [0.2, 0.25) is 0 Å². The number of likely N-dealkylation sites (tertiary alicyclic amines) is 1. The quantitative estimate of drug-likeness (QED) is 0.125. The van der Waals surface area contributed by atoms with Gasteiger partial charge in [-0.15, -0.1) is 0 Å². The third-order valence-corrected chi connectivity index (χ3v) is 12.5. The highest BCUT2D eigenvalue weighted by molar-refractivity contribution is 6.05. The summed E-state index contributed by atoms with van der Waals surface area (Å²) in [4.78, 5) is 59.7. The number of carbonyl (C=O) groups is 3. The second kappa shape index (κ2) is 17.1. The minimum absolute atomic E-state index is 0.0460. The molecule has 3 fully saturated rings. The number of H-pyrrole nitrogens is 1. The van der Waals surface area contributed by atoms with Gasteiger partial charge in [-0.25, -0.2) is 19.2 Å². The number of halogens is 1. The van der Waals surface area contributed by atoms with Crippen molar-refractivity contribution in [1.29, 1.82) is 0 Å². The molecule has 0 bridgehead atoms. The van der Waals surface area contributed by atoms with Crippen LogP contribution in [0.3, 0.4) is 0 Å². The molecule has 6 heterocycles. The lowest BCUT2D eigenvalue weighted by molar-refractivity contribution is -0.120. The number of urea groups is 1. The molecule has 3 aliphatic heterocycles. The van der Waals surface area contributed by atoms with Crippen LogP contribution < -0.4 is 20.4 Å². The molecule has 4 amide bonds. The van der Waals surface area contributed by atoms with Gasteiger partial charge in [0, 0.05) is 78.1 Å². The SMILES string of the molecule is CC(C)(C)c1noc(C(=O)NCc2ccc(-c3ncnc4[nH]c(-c5ccc(C6CCN(CC7CCN(c8ccc(N9CCC(=O)NC9=O)cc8)CC7)CC6)cc5)cc34)cc2F)n1. The summed E-state index contributed by atoms with van der Waals surface area (Å²) in [6.07, 6.45) is 6.39. The van der Waals surface area contributed by atoms with Gasteiger partial charge in [0.1, 0.15) is 17.8 Å². The zero-order chi connectivity index (χ0) is 43.0. The monoisotopic (exact) mass is 838 g/mol. The van der Waals surface area contributed by atoms with Gasteiger partial charge in [0.25, 0.3) is 0 Å². The van der Waals surface area contributed by atoms with Crippen molar-refractivity contribution in [3.8, 4) is 22.5 Å². The van der Waals surface area contributed by atoms with Crippen molar-refractivity contribution in [3.63, 3.8) is 0 Å². The molecule has 3 N–H and O–H groups in total. The molecule has 0 aliphatic carbocycles. The average molecular weight is 839 g/mol. The van der Waals surface area contributed by atoms with E-state index in [2.05, 4.69) is 81.9 Å². The van der Waals surface area contributed by atoms with Crippen LogP contribution in [0.5, 0.6) is 0 Å². The molecule has 0 atom stereocenters. The number of anilines is 2. The number of rotatable bonds is 10. The summed E-state index contributed by atoms with van der Waals surface area (Å²) in [7, 11) is 0. The average Bonchev–Trinajstić information content (AvgIpc) is 3.96. The second-order valence-electron chi connectivity index (χ2n) is 17.7. The number of imide groups is 1. The second-order valence-corrected chi connectivity index (χ2v) is 17.7. The predicted molar refractivity (Wildman–Crippen MR) is 234 cm³/mol. The molecule has 9 rings (SSSR count). The number of hydrogen-bond donors (Lipinski definition) is 3. The number of fused-ring (bicyclic) bond motifs is 1. The van der Waals surface area contributed by atoms with E-state index < -0.39 is 11.7 Å². The van der Waals surface area contributed by atoms with E-state index in [4.69, 9.17) is 4.52 Å². The number of aromatic amines is 1. The van der Waals surface area contributed by atoms with Gasteiger partial charge in [-0.1, -0.05) is 62.3 Å². The van der Waals surface area contributed by atoms with E-state index in [9.17, 15) is 14.4 Å². The van der Waals surface area contributed by atoms with E-state index in [0.29, 0.717) is 53.1 Å². The summed E-state index contributed by atoms with van der Waals surface area (Å²) in [5, 5.41) is 9.73. The Kier molecular flexibility index (Phi) is 11.3. The third kappa shape index (κ3) is 8.80. The Bertz CT molecular complexity index is 2580. The third-order valence-electron chi connectivity index (χ3n) is 12.5. The van der Waals surface area contributed by atoms with Gasteiger partial charge >= 0.3 is 17.8 Å². The van der Waals surface area contributed by atoms with Crippen molar-refractivity contribution in [1.82, 2.24) is 40.6 Å². The Morgan fingerprint density at radius 2 is 1.60 bits per heavy atom. The number of aromatic nitrogens is 5. The first-order chi connectivity index (χ1) is 29.9. The van der Waals surface area contributed by atoms with E-state index in [-0.39, 0.29) is 29.8 Å².